The highest BCUT2D eigenvalue weighted by Crippen LogP contribution is 2.18. The molecule has 0 saturated carbocycles. The van der Waals surface area contributed by atoms with E-state index in [1.165, 1.54) is 6.07 Å². The van der Waals surface area contributed by atoms with Crippen LogP contribution in [0.5, 0.6) is 0 Å². The zero-order chi connectivity index (χ0) is 16.1. The van der Waals surface area contributed by atoms with Gasteiger partial charge in [-0.25, -0.2) is 0 Å². The third-order valence-corrected chi connectivity index (χ3v) is 3.20. The van der Waals surface area contributed by atoms with Gasteiger partial charge in [-0.1, -0.05) is 30.3 Å². The SMILES string of the molecule is C[C@@H](NC(=O)c1cc(C=O)cc([N+](=O)[O-])c1)c1ccccc1. The molecule has 0 unspecified atom stereocenters. The Kier molecular flexibility index (Phi) is 4.63. The lowest BCUT2D eigenvalue weighted by atomic mass is 10.1. The lowest BCUT2D eigenvalue weighted by molar-refractivity contribution is -0.384. The van der Waals surface area contributed by atoms with Gasteiger partial charge in [-0.15, -0.1) is 0 Å². The van der Waals surface area contributed by atoms with Gasteiger partial charge in [0.25, 0.3) is 11.6 Å². The molecular formula is C16H14N2O4. The van der Waals surface area contributed by atoms with Gasteiger partial charge in [-0.3, -0.25) is 19.7 Å². The minimum atomic E-state index is -0.635. The van der Waals surface area contributed by atoms with Crippen LogP contribution in [0.2, 0.25) is 0 Å². The van der Waals surface area contributed by atoms with Crippen molar-refractivity contribution in [3.63, 3.8) is 0 Å². The summed E-state index contributed by atoms with van der Waals surface area (Å²) in [6.45, 7) is 1.81. The van der Waals surface area contributed by atoms with Crippen LogP contribution in [0, 0.1) is 10.1 Å². The van der Waals surface area contributed by atoms with E-state index in [2.05, 4.69) is 5.32 Å². The van der Waals surface area contributed by atoms with E-state index in [1.54, 1.807) is 0 Å². The zero-order valence-electron chi connectivity index (χ0n) is 11.9. The average Bonchev–Trinajstić information content (AvgIpc) is 2.54. The highest BCUT2D eigenvalue weighted by atomic mass is 16.6. The molecule has 1 amide bonds. The fourth-order valence-corrected chi connectivity index (χ4v) is 2.04. The van der Waals surface area contributed by atoms with Crippen molar-refractivity contribution >= 4 is 17.9 Å². The van der Waals surface area contributed by atoms with Crippen LogP contribution in [-0.4, -0.2) is 17.1 Å². The first-order valence-electron chi connectivity index (χ1n) is 6.61. The molecule has 0 radical (unpaired) electrons. The Bertz CT molecular complexity index is 713. The molecule has 0 aliphatic rings. The van der Waals surface area contributed by atoms with Gasteiger partial charge < -0.3 is 5.32 Å². The van der Waals surface area contributed by atoms with Gasteiger partial charge in [-0.05, 0) is 18.6 Å². The van der Waals surface area contributed by atoms with Crippen LogP contribution in [-0.2, 0) is 0 Å². The van der Waals surface area contributed by atoms with Crippen LogP contribution in [0.4, 0.5) is 5.69 Å². The number of nitro groups is 1. The third-order valence-electron chi connectivity index (χ3n) is 3.20. The Morgan fingerprint density at radius 1 is 1.23 bits per heavy atom. The number of hydrogen-bond acceptors (Lipinski definition) is 4. The summed E-state index contributed by atoms with van der Waals surface area (Å²) in [5.74, 6) is -0.469. The van der Waals surface area contributed by atoms with Gasteiger partial charge in [0.2, 0.25) is 0 Å². The molecule has 2 aromatic rings. The Labute approximate surface area is 126 Å². The standard InChI is InChI=1S/C16H14N2O4/c1-11(13-5-3-2-4-6-13)17-16(20)14-7-12(10-19)8-15(9-14)18(21)22/h2-11H,1H3,(H,17,20)/t11-/m1/s1. The summed E-state index contributed by atoms with van der Waals surface area (Å²) >= 11 is 0. The first-order chi connectivity index (χ1) is 10.5. The number of nitro benzene ring substituents is 1. The van der Waals surface area contributed by atoms with Crippen molar-refractivity contribution in [1.82, 2.24) is 5.32 Å². The molecule has 1 N–H and O–H groups in total. The molecule has 0 heterocycles. The predicted octanol–water partition coefficient (Wildman–Crippen LogP) is 2.90. The van der Waals surface area contributed by atoms with Crippen LogP contribution in [0.1, 0.15) is 39.2 Å². The Morgan fingerprint density at radius 2 is 1.91 bits per heavy atom. The molecule has 0 fully saturated rings. The van der Waals surface area contributed by atoms with Crippen LogP contribution in [0.15, 0.2) is 48.5 Å². The summed E-state index contributed by atoms with van der Waals surface area (Å²) < 4.78 is 0. The van der Waals surface area contributed by atoms with Gasteiger partial charge in [0.1, 0.15) is 6.29 Å². The van der Waals surface area contributed by atoms with Crippen LogP contribution >= 0.6 is 0 Å². The van der Waals surface area contributed by atoms with E-state index in [0.29, 0.717) is 6.29 Å². The van der Waals surface area contributed by atoms with Crippen molar-refractivity contribution in [2.45, 2.75) is 13.0 Å². The summed E-state index contributed by atoms with van der Waals surface area (Å²) in [7, 11) is 0. The Morgan fingerprint density at radius 3 is 2.50 bits per heavy atom. The van der Waals surface area contributed by atoms with Crippen molar-refractivity contribution in [1.29, 1.82) is 0 Å². The first kappa shape index (κ1) is 15.4. The van der Waals surface area contributed by atoms with Crippen molar-refractivity contribution < 1.29 is 14.5 Å². The van der Waals surface area contributed by atoms with E-state index in [-0.39, 0.29) is 22.9 Å². The molecule has 2 rings (SSSR count). The number of benzene rings is 2. The second kappa shape index (κ2) is 6.62. The smallest absolute Gasteiger partial charge is 0.270 e. The fraction of sp³-hybridized carbons (Fsp3) is 0.125. The second-order valence-corrected chi connectivity index (χ2v) is 4.79. The second-order valence-electron chi connectivity index (χ2n) is 4.79. The fourth-order valence-electron chi connectivity index (χ4n) is 2.04. The molecule has 0 spiro atoms. The molecule has 0 aromatic heterocycles. The highest BCUT2D eigenvalue weighted by molar-refractivity contribution is 5.96. The molecule has 22 heavy (non-hydrogen) atoms. The number of rotatable bonds is 5. The van der Waals surface area contributed by atoms with Gasteiger partial charge >= 0.3 is 0 Å². The number of nitrogens with one attached hydrogen (secondary N) is 1. The van der Waals surface area contributed by atoms with Crippen molar-refractivity contribution in [2.75, 3.05) is 0 Å². The van der Waals surface area contributed by atoms with Crippen LogP contribution in [0.3, 0.4) is 0 Å². The highest BCUT2D eigenvalue weighted by Gasteiger charge is 2.16. The lowest BCUT2D eigenvalue weighted by Crippen LogP contribution is -2.26. The molecule has 2 aromatic carbocycles. The molecule has 0 bridgehead atoms. The number of carbonyl (C=O) groups excluding carboxylic acids is 2. The maximum Gasteiger partial charge on any atom is 0.270 e. The summed E-state index contributed by atoms with van der Waals surface area (Å²) in [4.78, 5) is 33.3. The minimum absolute atomic E-state index is 0.0825. The quantitative estimate of drug-likeness (QED) is 0.522. The van der Waals surface area contributed by atoms with Gasteiger partial charge in [0, 0.05) is 23.3 Å². The number of carbonyl (C=O) groups is 2. The van der Waals surface area contributed by atoms with Gasteiger partial charge in [0.15, 0.2) is 0 Å². The topological polar surface area (TPSA) is 89.3 Å². The van der Waals surface area contributed by atoms with Crippen molar-refractivity contribution in [3.05, 3.63) is 75.3 Å². The van der Waals surface area contributed by atoms with E-state index < -0.39 is 10.8 Å². The summed E-state index contributed by atoms with van der Waals surface area (Å²) in [6.07, 6.45) is 0.477. The predicted molar refractivity (Wildman–Crippen MR) is 80.8 cm³/mol. The van der Waals surface area contributed by atoms with E-state index in [0.717, 1.165) is 17.7 Å². The number of amides is 1. The van der Waals surface area contributed by atoms with Crippen molar-refractivity contribution in [2.24, 2.45) is 0 Å². The molecule has 0 aliphatic heterocycles. The molecular weight excluding hydrogens is 284 g/mol. The van der Waals surface area contributed by atoms with E-state index in [4.69, 9.17) is 0 Å². The van der Waals surface area contributed by atoms with Crippen molar-refractivity contribution in [3.8, 4) is 0 Å². The lowest BCUT2D eigenvalue weighted by Gasteiger charge is -2.14. The number of nitrogens with zero attached hydrogens (tertiary/aromatic N) is 1. The first-order valence-corrected chi connectivity index (χ1v) is 6.61. The third kappa shape index (κ3) is 3.54. The molecule has 112 valence electrons. The number of hydrogen-bond donors (Lipinski definition) is 1. The zero-order valence-corrected chi connectivity index (χ0v) is 11.9. The minimum Gasteiger partial charge on any atom is -0.346 e. The normalized spacial score (nSPS) is 11.5. The van der Waals surface area contributed by atoms with E-state index in [9.17, 15) is 19.7 Å². The summed E-state index contributed by atoms with van der Waals surface area (Å²) in [5.41, 5.74) is 0.796. The van der Waals surface area contributed by atoms with E-state index in [1.807, 2.05) is 37.3 Å². The van der Waals surface area contributed by atoms with Gasteiger partial charge in [0.05, 0.1) is 11.0 Å². The number of non-ortho nitro benzene ring substituents is 1. The molecule has 0 aliphatic carbocycles. The number of aldehydes is 1. The summed E-state index contributed by atoms with van der Waals surface area (Å²) in [5, 5.41) is 13.6. The van der Waals surface area contributed by atoms with Crippen LogP contribution in [0.25, 0.3) is 0 Å². The summed E-state index contributed by atoms with van der Waals surface area (Å²) in [6, 6.07) is 12.7. The average molecular weight is 298 g/mol. The monoisotopic (exact) mass is 298 g/mol. The molecule has 6 heteroatoms. The maximum atomic E-state index is 12.2. The van der Waals surface area contributed by atoms with E-state index >= 15 is 0 Å². The Hall–Kier alpha value is -3.02. The van der Waals surface area contributed by atoms with Gasteiger partial charge in [-0.2, -0.15) is 0 Å². The molecule has 1 atom stereocenters. The molecule has 0 saturated heterocycles. The van der Waals surface area contributed by atoms with Crippen LogP contribution < -0.4 is 5.32 Å². The largest absolute Gasteiger partial charge is 0.346 e. The maximum absolute atomic E-state index is 12.2. The molecule has 6 nitrogen and oxygen atoms in total. The Balaban J connectivity index is 2.24.